The van der Waals surface area contributed by atoms with Gasteiger partial charge in [0, 0.05) is 30.1 Å². The number of aryl methyl sites for hydroxylation is 2. The molecule has 6 heteroatoms. The number of halogens is 3. The van der Waals surface area contributed by atoms with Gasteiger partial charge in [0.1, 0.15) is 5.82 Å². The van der Waals surface area contributed by atoms with E-state index >= 15 is 0 Å². The molecule has 0 saturated heterocycles. The fourth-order valence-electron chi connectivity index (χ4n) is 2.25. The molecule has 0 aliphatic rings. The van der Waals surface area contributed by atoms with Crippen molar-refractivity contribution in [2.75, 3.05) is 7.05 Å². The van der Waals surface area contributed by atoms with Crippen LogP contribution in [0.2, 0.25) is 10.0 Å². The molecule has 0 saturated carbocycles. The Kier molecular flexibility index (Phi) is 4.68. The normalized spacial score (nSPS) is 12.7. The summed E-state index contributed by atoms with van der Waals surface area (Å²) in [4.78, 5) is 0. The molecule has 1 heterocycles. The van der Waals surface area contributed by atoms with Gasteiger partial charge in [0.25, 0.3) is 0 Å². The van der Waals surface area contributed by atoms with Crippen LogP contribution >= 0.6 is 23.2 Å². The third kappa shape index (κ3) is 2.97. The first kappa shape index (κ1) is 15.3. The van der Waals surface area contributed by atoms with Crippen molar-refractivity contribution in [2.24, 2.45) is 7.05 Å². The van der Waals surface area contributed by atoms with Gasteiger partial charge in [-0.1, -0.05) is 29.3 Å². The summed E-state index contributed by atoms with van der Waals surface area (Å²) in [6, 6.07) is 4.49. The number of nitrogens with zero attached hydrogens (tertiary/aromatic N) is 2. The molecular weight excluding hydrogens is 300 g/mol. The third-order valence-corrected chi connectivity index (χ3v) is 4.07. The third-order valence-electron chi connectivity index (χ3n) is 3.35. The van der Waals surface area contributed by atoms with Crippen LogP contribution in [0.1, 0.15) is 23.0 Å². The molecule has 0 radical (unpaired) electrons. The molecule has 0 aliphatic carbocycles. The summed E-state index contributed by atoms with van der Waals surface area (Å²) >= 11 is 12.0. The van der Waals surface area contributed by atoms with Gasteiger partial charge in [-0.05, 0) is 26.1 Å². The topological polar surface area (TPSA) is 29.9 Å². The predicted octanol–water partition coefficient (Wildman–Crippen LogP) is 3.68. The first-order chi connectivity index (χ1) is 9.43. The second-order valence-corrected chi connectivity index (χ2v) is 5.50. The highest BCUT2D eigenvalue weighted by atomic mass is 35.5. The Hall–Kier alpha value is -1.10. The van der Waals surface area contributed by atoms with Gasteiger partial charge in [-0.2, -0.15) is 5.10 Å². The largest absolute Gasteiger partial charge is 0.313 e. The minimum atomic E-state index is -0.327. The first-order valence-electron chi connectivity index (χ1n) is 6.24. The standard InChI is InChI=1S/C14H16Cl2FN3/c1-8-14(16)13(20(3)19-8)7-12(18-2)10-5-4-9(15)6-11(10)17/h4-6,12,18H,7H2,1-3H3. The maximum atomic E-state index is 14.0. The van der Waals surface area contributed by atoms with E-state index in [1.54, 1.807) is 23.9 Å². The van der Waals surface area contributed by atoms with Crippen LogP contribution in [0.25, 0.3) is 0 Å². The smallest absolute Gasteiger partial charge is 0.129 e. The van der Waals surface area contributed by atoms with Gasteiger partial charge in [-0.25, -0.2) is 4.39 Å². The summed E-state index contributed by atoms with van der Waals surface area (Å²) in [6.07, 6.45) is 0.547. The van der Waals surface area contributed by atoms with Crippen LogP contribution < -0.4 is 5.32 Å². The highest BCUT2D eigenvalue weighted by molar-refractivity contribution is 6.31. The van der Waals surface area contributed by atoms with Crippen LogP contribution in [0.4, 0.5) is 4.39 Å². The minimum absolute atomic E-state index is 0.195. The molecule has 0 bridgehead atoms. The Bertz CT molecular complexity index is 625. The number of likely N-dealkylation sites (N-methyl/N-ethyl adjacent to an activating group) is 1. The molecule has 1 N–H and O–H groups in total. The van der Waals surface area contributed by atoms with Crippen LogP contribution in [0, 0.1) is 12.7 Å². The Labute approximate surface area is 127 Å². The summed E-state index contributed by atoms with van der Waals surface area (Å²) in [6.45, 7) is 1.85. The van der Waals surface area contributed by atoms with Crippen molar-refractivity contribution >= 4 is 23.2 Å². The molecule has 1 aromatic heterocycles. The maximum absolute atomic E-state index is 14.0. The SMILES string of the molecule is CNC(Cc1c(Cl)c(C)nn1C)c1ccc(Cl)cc1F. The lowest BCUT2D eigenvalue weighted by atomic mass is 10.0. The molecule has 0 fully saturated rings. The molecule has 20 heavy (non-hydrogen) atoms. The van der Waals surface area contributed by atoms with Crippen molar-refractivity contribution in [3.63, 3.8) is 0 Å². The zero-order chi connectivity index (χ0) is 14.9. The lowest BCUT2D eigenvalue weighted by molar-refractivity contribution is 0.520. The van der Waals surface area contributed by atoms with Crippen molar-refractivity contribution < 1.29 is 4.39 Å². The van der Waals surface area contributed by atoms with Gasteiger partial charge in [0.05, 0.1) is 16.4 Å². The van der Waals surface area contributed by atoms with Gasteiger partial charge in [0.2, 0.25) is 0 Å². The molecule has 1 unspecified atom stereocenters. The second-order valence-electron chi connectivity index (χ2n) is 4.68. The molecule has 2 aromatic rings. The number of nitrogens with one attached hydrogen (secondary N) is 1. The predicted molar refractivity (Wildman–Crippen MR) is 79.9 cm³/mol. The minimum Gasteiger partial charge on any atom is -0.313 e. The zero-order valence-corrected chi connectivity index (χ0v) is 13.1. The van der Waals surface area contributed by atoms with Gasteiger partial charge in [-0.15, -0.1) is 0 Å². The van der Waals surface area contributed by atoms with Gasteiger partial charge >= 0.3 is 0 Å². The van der Waals surface area contributed by atoms with Crippen LogP contribution in [0.3, 0.4) is 0 Å². The summed E-state index contributed by atoms with van der Waals surface area (Å²) in [7, 11) is 3.62. The van der Waals surface area contributed by atoms with E-state index in [1.807, 2.05) is 14.0 Å². The monoisotopic (exact) mass is 315 g/mol. The van der Waals surface area contributed by atoms with E-state index in [1.165, 1.54) is 6.07 Å². The van der Waals surface area contributed by atoms with E-state index in [2.05, 4.69) is 10.4 Å². The summed E-state index contributed by atoms with van der Waals surface area (Å²) in [5.74, 6) is -0.327. The van der Waals surface area contributed by atoms with Crippen LogP contribution in [-0.4, -0.2) is 16.8 Å². The Balaban J connectivity index is 2.33. The van der Waals surface area contributed by atoms with Crippen LogP contribution in [0.15, 0.2) is 18.2 Å². The summed E-state index contributed by atoms with van der Waals surface area (Å²) < 4.78 is 15.7. The van der Waals surface area contributed by atoms with Crippen LogP contribution in [0.5, 0.6) is 0 Å². The molecular formula is C14H16Cl2FN3. The van der Waals surface area contributed by atoms with E-state index < -0.39 is 0 Å². The van der Waals surface area contributed by atoms with E-state index in [0.29, 0.717) is 22.0 Å². The number of hydrogen-bond donors (Lipinski definition) is 1. The quantitative estimate of drug-likeness (QED) is 0.932. The lowest BCUT2D eigenvalue weighted by Crippen LogP contribution is -2.21. The molecule has 2 rings (SSSR count). The fourth-order valence-corrected chi connectivity index (χ4v) is 2.64. The number of aromatic nitrogens is 2. The average molecular weight is 316 g/mol. The number of hydrogen-bond acceptors (Lipinski definition) is 2. The fraction of sp³-hybridized carbons (Fsp3) is 0.357. The second kappa shape index (κ2) is 6.12. The van der Waals surface area contributed by atoms with Crippen molar-refractivity contribution in [1.29, 1.82) is 0 Å². The highest BCUT2D eigenvalue weighted by Gasteiger charge is 2.19. The molecule has 1 atom stereocenters. The van der Waals surface area contributed by atoms with E-state index in [9.17, 15) is 4.39 Å². The number of benzene rings is 1. The molecule has 0 aliphatic heterocycles. The molecule has 3 nitrogen and oxygen atoms in total. The van der Waals surface area contributed by atoms with Crippen molar-refractivity contribution in [2.45, 2.75) is 19.4 Å². The number of rotatable bonds is 4. The van der Waals surface area contributed by atoms with E-state index in [0.717, 1.165) is 11.4 Å². The van der Waals surface area contributed by atoms with Crippen molar-refractivity contribution in [3.8, 4) is 0 Å². The molecule has 1 aromatic carbocycles. The van der Waals surface area contributed by atoms with E-state index in [4.69, 9.17) is 23.2 Å². The van der Waals surface area contributed by atoms with Crippen LogP contribution in [-0.2, 0) is 13.5 Å². The van der Waals surface area contributed by atoms with Gasteiger partial charge < -0.3 is 5.32 Å². The molecule has 108 valence electrons. The van der Waals surface area contributed by atoms with Crippen molar-refractivity contribution in [1.82, 2.24) is 15.1 Å². The van der Waals surface area contributed by atoms with Crippen molar-refractivity contribution in [3.05, 3.63) is 51.0 Å². The summed E-state index contributed by atoms with van der Waals surface area (Å²) in [5, 5.41) is 8.39. The Morgan fingerprint density at radius 1 is 1.40 bits per heavy atom. The first-order valence-corrected chi connectivity index (χ1v) is 6.99. The van der Waals surface area contributed by atoms with Gasteiger partial charge in [-0.3, -0.25) is 4.68 Å². The Morgan fingerprint density at radius 2 is 2.10 bits per heavy atom. The van der Waals surface area contributed by atoms with Gasteiger partial charge in [0.15, 0.2) is 0 Å². The highest BCUT2D eigenvalue weighted by Crippen LogP contribution is 2.27. The lowest BCUT2D eigenvalue weighted by Gasteiger charge is -2.18. The van der Waals surface area contributed by atoms with E-state index in [-0.39, 0.29) is 11.9 Å². The average Bonchev–Trinajstić information content (AvgIpc) is 2.62. The molecule has 0 spiro atoms. The maximum Gasteiger partial charge on any atom is 0.129 e. The summed E-state index contributed by atoms with van der Waals surface area (Å²) in [5.41, 5.74) is 2.21. The Morgan fingerprint density at radius 3 is 2.60 bits per heavy atom. The molecule has 0 amide bonds. The zero-order valence-electron chi connectivity index (χ0n) is 11.5.